The van der Waals surface area contributed by atoms with Crippen LogP contribution in [0.1, 0.15) is 27.2 Å². The van der Waals surface area contributed by atoms with Crippen molar-refractivity contribution < 1.29 is 0 Å². The maximum Gasteiger partial charge on any atom is 0.0451 e. The number of halogens is 2. The van der Waals surface area contributed by atoms with E-state index in [2.05, 4.69) is 58.7 Å². The van der Waals surface area contributed by atoms with Crippen molar-refractivity contribution >= 4 is 43.6 Å². The van der Waals surface area contributed by atoms with Gasteiger partial charge >= 0.3 is 0 Å². The Hall–Kier alpha value is 0.790. The smallest absolute Gasteiger partial charge is 0.0451 e. The Kier molecular flexibility index (Phi) is 5.29. The molecule has 2 atom stereocenters. The van der Waals surface area contributed by atoms with Crippen LogP contribution in [0, 0.1) is 0 Å². The predicted molar refractivity (Wildman–Crippen MR) is 74.6 cm³/mol. The maximum absolute atomic E-state index is 3.71. The molecule has 80 valence electrons. The van der Waals surface area contributed by atoms with Gasteiger partial charge in [-0.3, -0.25) is 0 Å². The Morgan fingerprint density at radius 2 is 2.36 bits per heavy atom. The second-order valence-electron chi connectivity index (χ2n) is 3.30. The minimum atomic E-state index is 0.454. The number of alkyl halides is 2. The van der Waals surface area contributed by atoms with E-state index in [0.717, 1.165) is 0 Å². The van der Waals surface area contributed by atoms with Gasteiger partial charge < -0.3 is 0 Å². The van der Waals surface area contributed by atoms with Gasteiger partial charge in [-0.05, 0) is 42.1 Å². The fourth-order valence-corrected chi connectivity index (χ4v) is 4.46. The summed E-state index contributed by atoms with van der Waals surface area (Å²) in [5.41, 5.74) is 2.96. The van der Waals surface area contributed by atoms with E-state index in [1.165, 1.54) is 23.3 Å². The van der Waals surface area contributed by atoms with Gasteiger partial charge in [0.15, 0.2) is 0 Å². The summed E-state index contributed by atoms with van der Waals surface area (Å²) in [5.74, 6) is 1.17. The molecule has 0 saturated carbocycles. The van der Waals surface area contributed by atoms with Crippen LogP contribution in [0.3, 0.4) is 0 Å². The number of hydrogen-bond donors (Lipinski definition) is 0. The monoisotopic (exact) mass is 338 g/mol. The third-order valence-corrected chi connectivity index (χ3v) is 4.65. The van der Waals surface area contributed by atoms with Crippen LogP contribution in [-0.2, 0) is 0 Å². The van der Waals surface area contributed by atoms with E-state index < -0.39 is 0 Å². The number of thioether (sulfide) groups is 1. The molecule has 0 heterocycles. The molecule has 0 aliphatic heterocycles. The van der Waals surface area contributed by atoms with E-state index in [9.17, 15) is 0 Å². The molecule has 14 heavy (non-hydrogen) atoms. The molecule has 0 amide bonds. The van der Waals surface area contributed by atoms with Crippen LogP contribution in [0.4, 0.5) is 0 Å². The molecule has 0 aromatic rings. The van der Waals surface area contributed by atoms with E-state index in [1.54, 1.807) is 4.91 Å². The van der Waals surface area contributed by atoms with Gasteiger partial charge in [-0.25, -0.2) is 0 Å². The summed E-state index contributed by atoms with van der Waals surface area (Å²) in [6.07, 6.45) is 3.42. The summed E-state index contributed by atoms with van der Waals surface area (Å²) in [6.45, 7) is 6.52. The van der Waals surface area contributed by atoms with Gasteiger partial charge in [0, 0.05) is 9.65 Å². The highest BCUT2D eigenvalue weighted by Gasteiger charge is 2.30. The molecule has 0 saturated heterocycles. The van der Waals surface area contributed by atoms with Crippen molar-refractivity contribution in [2.75, 3.05) is 5.75 Å². The van der Waals surface area contributed by atoms with E-state index in [4.69, 9.17) is 0 Å². The summed E-state index contributed by atoms with van der Waals surface area (Å²) in [7, 11) is 0. The Morgan fingerprint density at radius 1 is 1.71 bits per heavy atom. The molecule has 0 spiro atoms. The highest BCUT2D eigenvalue weighted by Crippen LogP contribution is 2.46. The lowest BCUT2D eigenvalue weighted by molar-refractivity contribution is 0.881. The van der Waals surface area contributed by atoms with Gasteiger partial charge in [-0.1, -0.05) is 44.9 Å². The number of hydrogen-bond acceptors (Lipinski definition) is 1. The summed E-state index contributed by atoms with van der Waals surface area (Å²) >= 11 is 9.34. The fourth-order valence-electron chi connectivity index (χ4n) is 1.67. The second-order valence-corrected chi connectivity index (χ2v) is 7.14. The predicted octanol–water partition coefficient (Wildman–Crippen LogP) is 4.89. The van der Waals surface area contributed by atoms with Crippen LogP contribution in [0.25, 0.3) is 0 Å². The van der Waals surface area contributed by atoms with Crippen LogP contribution in [0.5, 0.6) is 0 Å². The van der Waals surface area contributed by atoms with Gasteiger partial charge in [0.1, 0.15) is 0 Å². The molecular formula is C11H16Br2S. The Bertz CT molecular complexity index is 266. The molecule has 1 rings (SSSR count). The van der Waals surface area contributed by atoms with Crippen molar-refractivity contribution in [2.45, 2.75) is 36.8 Å². The Balaban J connectivity index is 2.88. The molecule has 0 radical (unpaired) electrons. The average Bonchev–Trinajstić information content (AvgIpc) is 2.13. The first-order chi connectivity index (χ1) is 6.61. The van der Waals surface area contributed by atoms with Crippen molar-refractivity contribution in [3.63, 3.8) is 0 Å². The first-order valence-electron chi connectivity index (χ1n) is 4.92. The van der Waals surface area contributed by atoms with Gasteiger partial charge in [0.25, 0.3) is 0 Å². The SMILES string of the molecule is C/C=C(/C1=C(SCC)CC1Br)[C@@H](C)Br. The van der Waals surface area contributed by atoms with E-state index in [1.807, 2.05) is 11.8 Å². The summed E-state index contributed by atoms with van der Waals surface area (Å²) in [5, 5.41) is 0. The minimum absolute atomic E-state index is 0.454. The highest BCUT2D eigenvalue weighted by atomic mass is 79.9. The molecule has 1 aliphatic rings. The molecule has 0 N–H and O–H groups in total. The van der Waals surface area contributed by atoms with Gasteiger partial charge in [-0.2, -0.15) is 0 Å². The number of allylic oxidation sites excluding steroid dienone is 4. The maximum atomic E-state index is 3.71. The van der Waals surface area contributed by atoms with Crippen molar-refractivity contribution in [3.8, 4) is 0 Å². The standard InChI is InChI=1S/C11H16Br2S/c1-4-8(7(3)12)11-9(13)6-10(11)14-5-2/h4,7,9H,5-6H2,1-3H3/b8-4+/t7-,9?/m1/s1. The summed E-state index contributed by atoms with van der Waals surface area (Å²) in [4.78, 5) is 2.59. The zero-order valence-corrected chi connectivity index (χ0v) is 12.8. The lowest BCUT2D eigenvalue weighted by Crippen LogP contribution is -2.21. The molecule has 0 aromatic heterocycles. The Morgan fingerprint density at radius 3 is 2.71 bits per heavy atom. The summed E-state index contributed by atoms with van der Waals surface area (Å²) < 4.78 is 0. The molecule has 1 unspecified atom stereocenters. The van der Waals surface area contributed by atoms with Gasteiger partial charge in [0.05, 0.1) is 0 Å². The molecular weight excluding hydrogens is 324 g/mol. The second kappa shape index (κ2) is 5.76. The van der Waals surface area contributed by atoms with E-state index >= 15 is 0 Å². The fraction of sp³-hybridized carbons (Fsp3) is 0.636. The van der Waals surface area contributed by atoms with Crippen molar-refractivity contribution in [2.24, 2.45) is 0 Å². The van der Waals surface area contributed by atoms with Crippen LogP contribution in [0.2, 0.25) is 0 Å². The molecule has 1 aliphatic carbocycles. The number of rotatable bonds is 4. The van der Waals surface area contributed by atoms with Crippen molar-refractivity contribution in [1.82, 2.24) is 0 Å². The quantitative estimate of drug-likeness (QED) is 0.657. The molecule has 3 heteroatoms. The third kappa shape index (κ3) is 2.67. The molecule has 0 fully saturated rings. The first-order valence-corrected chi connectivity index (χ1v) is 7.74. The van der Waals surface area contributed by atoms with Gasteiger partial charge in [-0.15, -0.1) is 11.8 Å². The molecule has 0 bridgehead atoms. The molecule has 0 nitrogen and oxygen atoms in total. The van der Waals surface area contributed by atoms with Crippen LogP contribution in [-0.4, -0.2) is 15.4 Å². The Labute approximate surface area is 108 Å². The van der Waals surface area contributed by atoms with E-state index in [-0.39, 0.29) is 0 Å². The third-order valence-electron chi connectivity index (χ3n) is 2.35. The van der Waals surface area contributed by atoms with Crippen LogP contribution >= 0.6 is 43.6 Å². The first kappa shape index (κ1) is 12.9. The largest absolute Gasteiger partial charge is 0.131 e. The molecule has 0 aromatic carbocycles. The van der Waals surface area contributed by atoms with E-state index in [0.29, 0.717) is 9.65 Å². The van der Waals surface area contributed by atoms with Crippen molar-refractivity contribution in [1.29, 1.82) is 0 Å². The van der Waals surface area contributed by atoms with Crippen LogP contribution < -0.4 is 0 Å². The van der Waals surface area contributed by atoms with Crippen molar-refractivity contribution in [3.05, 3.63) is 22.1 Å². The minimum Gasteiger partial charge on any atom is -0.131 e. The highest BCUT2D eigenvalue weighted by molar-refractivity contribution is 9.10. The topological polar surface area (TPSA) is 0 Å². The summed E-state index contributed by atoms with van der Waals surface area (Å²) in [6, 6.07) is 0. The lowest BCUT2D eigenvalue weighted by Gasteiger charge is -2.32. The average molecular weight is 340 g/mol. The lowest BCUT2D eigenvalue weighted by atomic mass is 9.89. The normalized spacial score (nSPS) is 24.9. The zero-order chi connectivity index (χ0) is 10.7. The van der Waals surface area contributed by atoms with Gasteiger partial charge in [0.2, 0.25) is 0 Å². The van der Waals surface area contributed by atoms with Crippen LogP contribution in [0.15, 0.2) is 22.1 Å². The zero-order valence-electron chi connectivity index (χ0n) is 8.81.